The van der Waals surface area contributed by atoms with Gasteiger partial charge < -0.3 is 0 Å². The van der Waals surface area contributed by atoms with Crippen molar-refractivity contribution in [2.24, 2.45) is 17.8 Å². The maximum atomic E-state index is 2.62. The largest absolute Gasteiger partial charge is 0.0823 e. The van der Waals surface area contributed by atoms with E-state index in [1.165, 1.54) is 12.8 Å². The molecular formula is C9H17I. The van der Waals surface area contributed by atoms with Crippen LogP contribution >= 0.6 is 22.6 Å². The fraction of sp³-hybridized carbons (Fsp3) is 1.00. The van der Waals surface area contributed by atoms with E-state index in [0.29, 0.717) is 0 Å². The first-order valence-electron chi connectivity index (χ1n) is 4.27. The van der Waals surface area contributed by atoms with E-state index < -0.39 is 0 Å². The third kappa shape index (κ3) is 1.66. The van der Waals surface area contributed by atoms with Crippen molar-refractivity contribution in [2.45, 2.75) is 37.5 Å². The number of hydrogen-bond donors (Lipinski definition) is 0. The quantitative estimate of drug-likeness (QED) is 0.495. The molecule has 1 heteroatoms. The highest BCUT2D eigenvalue weighted by Gasteiger charge is 2.33. The second-order valence-electron chi connectivity index (χ2n) is 3.89. The Bertz CT molecular complexity index is 99.3. The SMILES string of the molecule is CC(C)[C@@H]1[C@H](C)CC[C@@H]1I. The molecule has 0 aromatic rings. The second kappa shape index (κ2) is 3.42. The monoisotopic (exact) mass is 252 g/mol. The van der Waals surface area contributed by atoms with E-state index in [1.807, 2.05) is 0 Å². The lowest BCUT2D eigenvalue weighted by Gasteiger charge is -2.22. The zero-order valence-electron chi connectivity index (χ0n) is 7.10. The smallest absolute Gasteiger partial charge is 0.0143 e. The maximum absolute atomic E-state index is 2.62. The molecule has 0 unspecified atom stereocenters. The van der Waals surface area contributed by atoms with Gasteiger partial charge in [0.05, 0.1) is 0 Å². The Morgan fingerprint density at radius 1 is 1.30 bits per heavy atom. The molecule has 0 aromatic heterocycles. The molecule has 0 bridgehead atoms. The molecule has 0 amide bonds. The summed E-state index contributed by atoms with van der Waals surface area (Å²) in [6, 6.07) is 0. The van der Waals surface area contributed by atoms with Gasteiger partial charge >= 0.3 is 0 Å². The average molecular weight is 252 g/mol. The van der Waals surface area contributed by atoms with Crippen molar-refractivity contribution in [3.63, 3.8) is 0 Å². The van der Waals surface area contributed by atoms with Gasteiger partial charge in [-0.15, -0.1) is 0 Å². The zero-order chi connectivity index (χ0) is 7.72. The summed E-state index contributed by atoms with van der Waals surface area (Å²) in [5, 5.41) is 0. The van der Waals surface area contributed by atoms with Crippen LogP contribution in [0.2, 0.25) is 0 Å². The molecule has 0 saturated heterocycles. The maximum Gasteiger partial charge on any atom is 0.0143 e. The predicted molar refractivity (Wildman–Crippen MR) is 54.5 cm³/mol. The van der Waals surface area contributed by atoms with Crippen LogP contribution in [-0.2, 0) is 0 Å². The molecule has 1 fully saturated rings. The van der Waals surface area contributed by atoms with Crippen molar-refractivity contribution in [3.05, 3.63) is 0 Å². The first-order chi connectivity index (χ1) is 4.63. The molecular weight excluding hydrogens is 235 g/mol. The van der Waals surface area contributed by atoms with E-state index in [4.69, 9.17) is 0 Å². The minimum atomic E-state index is 0.888. The lowest BCUT2D eigenvalue weighted by atomic mass is 9.87. The summed E-state index contributed by atoms with van der Waals surface area (Å²) in [6.07, 6.45) is 2.90. The minimum Gasteiger partial charge on any atom is -0.0823 e. The lowest BCUT2D eigenvalue weighted by Crippen LogP contribution is -2.18. The molecule has 0 N–H and O–H groups in total. The lowest BCUT2D eigenvalue weighted by molar-refractivity contribution is 0.325. The van der Waals surface area contributed by atoms with E-state index in [1.54, 1.807) is 0 Å². The van der Waals surface area contributed by atoms with Crippen LogP contribution in [0.15, 0.2) is 0 Å². The van der Waals surface area contributed by atoms with E-state index in [2.05, 4.69) is 43.4 Å². The Kier molecular flexibility index (Phi) is 3.02. The molecule has 1 aliphatic carbocycles. The van der Waals surface area contributed by atoms with Crippen molar-refractivity contribution < 1.29 is 0 Å². The van der Waals surface area contributed by atoms with E-state index >= 15 is 0 Å². The molecule has 1 saturated carbocycles. The van der Waals surface area contributed by atoms with Crippen LogP contribution in [0, 0.1) is 17.8 Å². The van der Waals surface area contributed by atoms with Gasteiger partial charge in [0.1, 0.15) is 0 Å². The summed E-state index contributed by atoms with van der Waals surface area (Å²) in [5.74, 6) is 2.85. The number of rotatable bonds is 1. The highest BCUT2D eigenvalue weighted by molar-refractivity contribution is 14.1. The van der Waals surface area contributed by atoms with Crippen LogP contribution in [-0.4, -0.2) is 3.92 Å². The Morgan fingerprint density at radius 3 is 2.10 bits per heavy atom. The highest BCUT2D eigenvalue weighted by Crippen LogP contribution is 2.40. The molecule has 1 aliphatic rings. The molecule has 1 rings (SSSR count). The first kappa shape index (κ1) is 8.82. The molecule has 0 radical (unpaired) electrons. The standard InChI is InChI=1S/C9H17I/c1-6(2)9-7(3)4-5-8(9)10/h6-9H,4-5H2,1-3H3/t7-,8+,9-/m1/s1. The van der Waals surface area contributed by atoms with E-state index in [0.717, 1.165) is 21.7 Å². The summed E-state index contributed by atoms with van der Waals surface area (Å²) in [5.41, 5.74) is 0. The predicted octanol–water partition coefficient (Wildman–Crippen LogP) is 3.49. The van der Waals surface area contributed by atoms with Gasteiger partial charge in [-0.05, 0) is 30.6 Å². The molecule has 0 aromatic carbocycles. The average Bonchev–Trinajstić information content (AvgIpc) is 2.11. The van der Waals surface area contributed by atoms with Crippen LogP contribution in [0.3, 0.4) is 0 Å². The topological polar surface area (TPSA) is 0 Å². The summed E-state index contributed by atoms with van der Waals surface area (Å²) >= 11 is 2.62. The van der Waals surface area contributed by atoms with Crippen molar-refractivity contribution >= 4 is 22.6 Å². The van der Waals surface area contributed by atoms with Gasteiger partial charge in [-0.2, -0.15) is 0 Å². The van der Waals surface area contributed by atoms with Crippen molar-refractivity contribution in [1.82, 2.24) is 0 Å². The molecule has 3 atom stereocenters. The van der Waals surface area contributed by atoms with Crippen LogP contribution in [0.4, 0.5) is 0 Å². The van der Waals surface area contributed by atoms with E-state index in [9.17, 15) is 0 Å². The molecule has 60 valence electrons. The normalized spacial score (nSPS) is 41.1. The molecule has 10 heavy (non-hydrogen) atoms. The van der Waals surface area contributed by atoms with Gasteiger partial charge in [0.15, 0.2) is 0 Å². The number of alkyl halides is 1. The Morgan fingerprint density at radius 2 is 1.90 bits per heavy atom. The molecule has 0 aliphatic heterocycles. The third-order valence-corrected chi connectivity index (χ3v) is 4.20. The number of hydrogen-bond acceptors (Lipinski definition) is 0. The van der Waals surface area contributed by atoms with Crippen LogP contribution in [0.1, 0.15) is 33.6 Å². The van der Waals surface area contributed by atoms with Crippen LogP contribution in [0.5, 0.6) is 0 Å². The third-order valence-electron chi connectivity index (χ3n) is 2.74. The van der Waals surface area contributed by atoms with Gasteiger partial charge in [-0.25, -0.2) is 0 Å². The van der Waals surface area contributed by atoms with Crippen LogP contribution in [0.25, 0.3) is 0 Å². The number of halogens is 1. The summed E-state index contributed by atoms with van der Waals surface area (Å²) in [4.78, 5) is 0. The Hall–Kier alpha value is 0.730. The first-order valence-corrected chi connectivity index (χ1v) is 5.51. The minimum absolute atomic E-state index is 0.888. The van der Waals surface area contributed by atoms with Gasteiger partial charge in [-0.3, -0.25) is 0 Å². The fourth-order valence-corrected chi connectivity index (χ4v) is 4.14. The molecule has 0 spiro atoms. The Labute approximate surface area is 77.9 Å². The van der Waals surface area contributed by atoms with Gasteiger partial charge in [0.2, 0.25) is 0 Å². The summed E-state index contributed by atoms with van der Waals surface area (Å²) in [7, 11) is 0. The zero-order valence-corrected chi connectivity index (χ0v) is 9.26. The summed E-state index contributed by atoms with van der Waals surface area (Å²) in [6.45, 7) is 7.12. The fourth-order valence-electron chi connectivity index (χ4n) is 2.24. The Balaban J connectivity index is 2.54. The van der Waals surface area contributed by atoms with Crippen molar-refractivity contribution in [1.29, 1.82) is 0 Å². The molecule has 0 nitrogen and oxygen atoms in total. The van der Waals surface area contributed by atoms with Crippen molar-refractivity contribution in [3.8, 4) is 0 Å². The van der Waals surface area contributed by atoms with Crippen molar-refractivity contribution in [2.75, 3.05) is 0 Å². The van der Waals surface area contributed by atoms with Gasteiger partial charge in [0, 0.05) is 3.92 Å². The van der Waals surface area contributed by atoms with Gasteiger partial charge in [0.25, 0.3) is 0 Å². The van der Waals surface area contributed by atoms with Crippen LogP contribution < -0.4 is 0 Å². The highest BCUT2D eigenvalue weighted by atomic mass is 127. The second-order valence-corrected chi connectivity index (χ2v) is 5.49. The molecule has 0 heterocycles. The van der Waals surface area contributed by atoms with Gasteiger partial charge in [-0.1, -0.05) is 43.4 Å². The van der Waals surface area contributed by atoms with E-state index in [-0.39, 0.29) is 0 Å². The summed E-state index contributed by atoms with van der Waals surface area (Å²) < 4.78 is 0.951.